The van der Waals surface area contributed by atoms with Crippen LogP contribution in [0.25, 0.3) is 115 Å². The summed E-state index contributed by atoms with van der Waals surface area (Å²) in [5, 5.41) is 5.07. The standard InChI is InChI=1S/C57H36N4S/c1-4-13-37(14-5-1)39-23-29-42(30-24-39)55-58-56(43-31-25-40(26-32-43)38-15-6-2-7-16-38)60-57(59-55)44-33-27-41(28-34-44)46-20-12-21-49-50-36-35-48-47-19-10-11-22-51(47)61(45-17-8-3-9-18-45)52(48)54(50)62-53(46)49/h1-36H. The first kappa shape index (κ1) is 35.9. The molecular formula is C57H36N4S. The van der Waals surface area contributed by atoms with Crippen LogP contribution in [0.2, 0.25) is 0 Å². The molecule has 62 heavy (non-hydrogen) atoms. The molecule has 0 amide bonds. The van der Waals surface area contributed by atoms with E-state index in [0.29, 0.717) is 17.5 Å². The number of benzene rings is 9. The molecule has 0 atom stereocenters. The van der Waals surface area contributed by atoms with E-state index in [0.717, 1.165) is 39.1 Å². The van der Waals surface area contributed by atoms with Crippen LogP contribution >= 0.6 is 11.3 Å². The lowest BCUT2D eigenvalue weighted by Gasteiger charge is -2.10. The lowest BCUT2D eigenvalue weighted by atomic mass is 10.0. The fraction of sp³-hybridized carbons (Fsp3) is 0. The van der Waals surface area contributed by atoms with Gasteiger partial charge in [0, 0.05) is 48.6 Å². The van der Waals surface area contributed by atoms with Gasteiger partial charge in [0.1, 0.15) is 0 Å². The maximum absolute atomic E-state index is 5.11. The lowest BCUT2D eigenvalue weighted by Crippen LogP contribution is -2.00. The van der Waals surface area contributed by atoms with Crippen molar-refractivity contribution in [3.8, 4) is 73.2 Å². The van der Waals surface area contributed by atoms with Crippen LogP contribution in [0, 0.1) is 0 Å². The van der Waals surface area contributed by atoms with Crippen molar-refractivity contribution in [2.24, 2.45) is 0 Å². The van der Waals surface area contributed by atoms with Crippen molar-refractivity contribution >= 4 is 53.3 Å². The second-order valence-corrected chi connectivity index (χ2v) is 16.6. The minimum atomic E-state index is 0.632. The minimum Gasteiger partial charge on any atom is -0.308 e. The first-order chi connectivity index (χ1) is 30.7. The molecule has 0 unspecified atom stereocenters. The number of hydrogen-bond donors (Lipinski definition) is 0. The van der Waals surface area contributed by atoms with Gasteiger partial charge in [-0.15, -0.1) is 11.3 Å². The molecule has 0 fully saturated rings. The second kappa shape index (κ2) is 14.9. The highest BCUT2D eigenvalue weighted by Crippen LogP contribution is 2.46. The Balaban J connectivity index is 0.958. The van der Waals surface area contributed by atoms with Gasteiger partial charge in [-0.05, 0) is 51.6 Å². The van der Waals surface area contributed by atoms with Crippen molar-refractivity contribution < 1.29 is 0 Å². The Morgan fingerprint density at radius 3 is 1.27 bits per heavy atom. The molecule has 0 aliphatic heterocycles. The van der Waals surface area contributed by atoms with E-state index in [1.807, 2.05) is 23.5 Å². The Hall–Kier alpha value is -7.99. The maximum atomic E-state index is 5.11. The molecule has 0 saturated heterocycles. The summed E-state index contributed by atoms with van der Waals surface area (Å²) < 4.78 is 5.00. The molecule has 12 rings (SSSR count). The largest absolute Gasteiger partial charge is 0.308 e. The van der Waals surface area contributed by atoms with Crippen LogP contribution in [0.4, 0.5) is 0 Å². The molecule has 3 heterocycles. The van der Waals surface area contributed by atoms with Gasteiger partial charge in [-0.25, -0.2) is 15.0 Å². The Bertz CT molecular complexity index is 3480. The number of fused-ring (bicyclic) bond motifs is 7. The number of thiophene rings is 1. The van der Waals surface area contributed by atoms with E-state index in [4.69, 9.17) is 15.0 Å². The van der Waals surface area contributed by atoms with Gasteiger partial charge in [-0.2, -0.15) is 0 Å². The van der Waals surface area contributed by atoms with Crippen LogP contribution in [-0.4, -0.2) is 19.5 Å². The molecule has 0 saturated carbocycles. The number of hydrogen-bond acceptors (Lipinski definition) is 4. The Labute approximate surface area is 362 Å². The molecule has 9 aromatic carbocycles. The summed E-state index contributed by atoms with van der Waals surface area (Å²) in [6.45, 7) is 0. The van der Waals surface area contributed by atoms with E-state index < -0.39 is 0 Å². The van der Waals surface area contributed by atoms with E-state index >= 15 is 0 Å². The second-order valence-electron chi connectivity index (χ2n) is 15.6. The zero-order chi connectivity index (χ0) is 41.0. The van der Waals surface area contributed by atoms with E-state index in [1.54, 1.807) is 0 Å². The molecule has 0 bridgehead atoms. The zero-order valence-electron chi connectivity index (χ0n) is 33.5. The van der Waals surface area contributed by atoms with E-state index in [-0.39, 0.29) is 0 Å². The predicted molar refractivity (Wildman–Crippen MR) is 260 cm³/mol. The van der Waals surface area contributed by atoms with Gasteiger partial charge in [-0.1, -0.05) is 200 Å². The monoisotopic (exact) mass is 808 g/mol. The molecule has 0 aliphatic carbocycles. The zero-order valence-corrected chi connectivity index (χ0v) is 34.3. The van der Waals surface area contributed by atoms with Gasteiger partial charge < -0.3 is 4.57 Å². The van der Waals surface area contributed by atoms with Crippen LogP contribution in [-0.2, 0) is 0 Å². The highest BCUT2D eigenvalue weighted by Gasteiger charge is 2.20. The van der Waals surface area contributed by atoms with Crippen LogP contribution in [0.5, 0.6) is 0 Å². The third-order valence-corrected chi connectivity index (χ3v) is 13.2. The summed E-state index contributed by atoms with van der Waals surface area (Å²) in [5.74, 6) is 1.90. The summed E-state index contributed by atoms with van der Waals surface area (Å²) in [6.07, 6.45) is 0. The highest BCUT2D eigenvalue weighted by atomic mass is 32.1. The van der Waals surface area contributed by atoms with Gasteiger partial charge in [0.2, 0.25) is 0 Å². The van der Waals surface area contributed by atoms with Gasteiger partial charge in [-0.3, -0.25) is 0 Å². The number of aromatic nitrogens is 4. The van der Waals surface area contributed by atoms with Crippen LogP contribution in [0.15, 0.2) is 218 Å². The third kappa shape index (κ3) is 6.18. The molecule has 0 radical (unpaired) electrons. The minimum absolute atomic E-state index is 0.632. The molecule has 0 aliphatic rings. The van der Waals surface area contributed by atoms with Gasteiger partial charge >= 0.3 is 0 Å². The fourth-order valence-electron chi connectivity index (χ4n) is 8.82. The van der Waals surface area contributed by atoms with Crippen molar-refractivity contribution in [1.29, 1.82) is 0 Å². The van der Waals surface area contributed by atoms with Crippen molar-refractivity contribution in [1.82, 2.24) is 19.5 Å². The predicted octanol–water partition coefficient (Wildman–Crippen LogP) is 15.3. The van der Waals surface area contributed by atoms with E-state index in [9.17, 15) is 0 Å². The summed E-state index contributed by atoms with van der Waals surface area (Å²) in [5.41, 5.74) is 13.4. The smallest absolute Gasteiger partial charge is 0.164 e. The van der Waals surface area contributed by atoms with Crippen molar-refractivity contribution in [2.75, 3.05) is 0 Å². The quantitative estimate of drug-likeness (QED) is 0.161. The highest BCUT2D eigenvalue weighted by molar-refractivity contribution is 7.27. The molecule has 0 N–H and O–H groups in total. The molecular weight excluding hydrogens is 773 g/mol. The first-order valence-electron chi connectivity index (χ1n) is 20.8. The third-order valence-electron chi connectivity index (χ3n) is 11.9. The normalized spacial score (nSPS) is 11.5. The molecule has 290 valence electrons. The molecule has 3 aromatic heterocycles. The molecule has 5 heteroatoms. The van der Waals surface area contributed by atoms with Gasteiger partial charge in [0.15, 0.2) is 17.5 Å². The number of para-hydroxylation sites is 2. The van der Waals surface area contributed by atoms with Crippen LogP contribution in [0.1, 0.15) is 0 Å². The lowest BCUT2D eigenvalue weighted by molar-refractivity contribution is 1.07. The summed E-state index contributed by atoms with van der Waals surface area (Å²) >= 11 is 1.88. The Kier molecular flexibility index (Phi) is 8.65. The van der Waals surface area contributed by atoms with Gasteiger partial charge in [0.05, 0.1) is 15.7 Å². The fourth-order valence-corrected chi connectivity index (χ4v) is 10.2. The van der Waals surface area contributed by atoms with E-state index in [2.05, 4.69) is 211 Å². The molecule has 12 aromatic rings. The van der Waals surface area contributed by atoms with Crippen molar-refractivity contribution in [3.63, 3.8) is 0 Å². The number of nitrogens with zero attached hydrogens (tertiary/aromatic N) is 4. The topological polar surface area (TPSA) is 43.6 Å². The van der Waals surface area contributed by atoms with Crippen LogP contribution < -0.4 is 0 Å². The molecule has 4 nitrogen and oxygen atoms in total. The summed E-state index contributed by atoms with van der Waals surface area (Å²) in [6, 6.07) is 77.3. The van der Waals surface area contributed by atoms with Gasteiger partial charge in [0.25, 0.3) is 0 Å². The maximum Gasteiger partial charge on any atom is 0.164 e. The average molecular weight is 809 g/mol. The number of rotatable bonds is 7. The Morgan fingerprint density at radius 2 is 0.710 bits per heavy atom. The van der Waals surface area contributed by atoms with Crippen LogP contribution in [0.3, 0.4) is 0 Å². The SMILES string of the molecule is c1ccc(-c2ccc(-c3nc(-c4ccc(-c5ccccc5)cc4)nc(-c4ccc(-c5cccc6c5sc5c6ccc6c7ccccc7n(-c7ccccc7)c65)cc4)n3)cc2)cc1. The average Bonchev–Trinajstić information content (AvgIpc) is 3.91. The Morgan fingerprint density at radius 1 is 0.290 bits per heavy atom. The summed E-state index contributed by atoms with van der Waals surface area (Å²) in [7, 11) is 0. The molecule has 0 spiro atoms. The first-order valence-corrected chi connectivity index (χ1v) is 21.7. The van der Waals surface area contributed by atoms with Crippen molar-refractivity contribution in [2.45, 2.75) is 0 Å². The van der Waals surface area contributed by atoms with E-state index in [1.165, 1.54) is 58.7 Å². The van der Waals surface area contributed by atoms with Crippen molar-refractivity contribution in [3.05, 3.63) is 218 Å². The summed E-state index contributed by atoms with van der Waals surface area (Å²) in [4.78, 5) is 15.3.